The van der Waals surface area contributed by atoms with Gasteiger partial charge in [-0.1, -0.05) is 15.9 Å². The highest BCUT2D eigenvalue weighted by atomic mass is 79.9. The second-order valence-electron chi connectivity index (χ2n) is 4.07. The number of rotatable bonds is 3. The fourth-order valence-corrected chi connectivity index (χ4v) is 1.79. The van der Waals surface area contributed by atoms with Gasteiger partial charge >= 0.3 is 0 Å². The van der Waals surface area contributed by atoms with Crippen molar-refractivity contribution in [3.8, 4) is 0 Å². The predicted molar refractivity (Wildman–Crippen MR) is 72.2 cm³/mol. The summed E-state index contributed by atoms with van der Waals surface area (Å²) in [6, 6.07) is 6.15. The maximum Gasteiger partial charge on any atom is 0.213 e. The molecule has 0 bridgehead atoms. The number of aromatic nitrogens is 1. The summed E-state index contributed by atoms with van der Waals surface area (Å²) in [7, 11) is 0. The first-order valence-corrected chi connectivity index (χ1v) is 6.28. The molecule has 1 heterocycles. The van der Waals surface area contributed by atoms with Gasteiger partial charge in [0.25, 0.3) is 0 Å². The van der Waals surface area contributed by atoms with Gasteiger partial charge in [-0.05, 0) is 44.5 Å². The zero-order valence-electron chi connectivity index (χ0n) is 10.2. The van der Waals surface area contributed by atoms with Crippen molar-refractivity contribution in [1.82, 2.24) is 4.98 Å². The zero-order chi connectivity index (χ0) is 12.4. The lowest BCUT2D eigenvalue weighted by Gasteiger charge is -2.05. The third kappa shape index (κ3) is 2.88. The normalized spacial score (nSPS) is 10.6. The van der Waals surface area contributed by atoms with Gasteiger partial charge in [0.1, 0.15) is 5.76 Å². The largest absolute Gasteiger partial charge is 0.444 e. The molecule has 0 amide bonds. The molecule has 0 spiro atoms. The van der Waals surface area contributed by atoms with Crippen LogP contribution in [0.3, 0.4) is 0 Å². The average molecular weight is 295 g/mol. The number of benzene rings is 1. The summed E-state index contributed by atoms with van der Waals surface area (Å²) in [5, 5.41) is 3.29. The van der Waals surface area contributed by atoms with Crippen LogP contribution >= 0.6 is 15.9 Å². The fraction of sp³-hybridized carbons (Fsp3) is 0.308. The van der Waals surface area contributed by atoms with E-state index in [2.05, 4.69) is 39.2 Å². The molecule has 0 saturated heterocycles. The van der Waals surface area contributed by atoms with Gasteiger partial charge in [0.05, 0.1) is 12.2 Å². The van der Waals surface area contributed by atoms with E-state index in [-0.39, 0.29) is 0 Å². The summed E-state index contributed by atoms with van der Waals surface area (Å²) < 4.78 is 6.62. The number of nitrogens with one attached hydrogen (secondary N) is 1. The van der Waals surface area contributed by atoms with Crippen LogP contribution in [0.15, 0.2) is 27.1 Å². The molecule has 0 atom stereocenters. The average Bonchev–Trinajstić information content (AvgIpc) is 2.60. The van der Waals surface area contributed by atoms with E-state index in [9.17, 15) is 0 Å². The Morgan fingerprint density at radius 3 is 2.65 bits per heavy atom. The highest BCUT2D eigenvalue weighted by molar-refractivity contribution is 9.10. The van der Waals surface area contributed by atoms with Crippen LogP contribution in [0.4, 0.5) is 5.69 Å². The van der Waals surface area contributed by atoms with E-state index < -0.39 is 0 Å². The zero-order valence-corrected chi connectivity index (χ0v) is 11.8. The van der Waals surface area contributed by atoms with Crippen LogP contribution in [0, 0.1) is 20.8 Å². The van der Waals surface area contributed by atoms with Crippen LogP contribution in [0.25, 0.3) is 0 Å². The lowest BCUT2D eigenvalue weighted by atomic mass is 10.2. The molecule has 2 rings (SSSR count). The molecule has 0 aliphatic heterocycles. The van der Waals surface area contributed by atoms with Crippen molar-refractivity contribution in [3.05, 3.63) is 45.6 Å². The minimum Gasteiger partial charge on any atom is -0.444 e. The third-order valence-corrected chi connectivity index (χ3v) is 3.56. The van der Waals surface area contributed by atoms with E-state index >= 15 is 0 Å². The molecule has 1 aromatic heterocycles. The van der Waals surface area contributed by atoms with Gasteiger partial charge in [-0.3, -0.25) is 0 Å². The SMILES string of the molecule is Cc1cc(NCc2nc(C)c(C)o2)ccc1Br. The van der Waals surface area contributed by atoms with E-state index in [1.165, 1.54) is 5.56 Å². The quantitative estimate of drug-likeness (QED) is 0.931. The molecular weight excluding hydrogens is 280 g/mol. The van der Waals surface area contributed by atoms with Crippen LogP contribution in [0.2, 0.25) is 0 Å². The van der Waals surface area contributed by atoms with Gasteiger partial charge in [-0.25, -0.2) is 4.98 Å². The third-order valence-electron chi connectivity index (χ3n) is 2.67. The number of anilines is 1. The van der Waals surface area contributed by atoms with Crippen LogP contribution < -0.4 is 5.32 Å². The first-order chi connectivity index (χ1) is 8.06. The van der Waals surface area contributed by atoms with Gasteiger partial charge in [-0.2, -0.15) is 0 Å². The summed E-state index contributed by atoms with van der Waals surface area (Å²) in [5.41, 5.74) is 3.22. The Bertz CT molecular complexity index is 515. The van der Waals surface area contributed by atoms with E-state index in [0.29, 0.717) is 6.54 Å². The van der Waals surface area contributed by atoms with Crippen molar-refractivity contribution in [1.29, 1.82) is 0 Å². The Hall–Kier alpha value is -1.29. The Kier molecular flexibility index (Phi) is 3.52. The number of hydrogen-bond donors (Lipinski definition) is 1. The van der Waals surface area contributed by atoms with Gasteiger partial charge < -0.3 is 9.73 Å². The van der Waals surface area contributed by atoms with E-state index in [1.54, 1.807) is 0 Å². The minimum atomic E-state index is 0.607. The Morgan fingerprint density at radius 2 is 2.06 bits per heavy atom. The van der Waals surface area contributed by atoms with Crippen LogP contribution in [-0.4, -0.2) is 4.98 Å². The molecule has 3 nitrogen and oxygen atoms in total. The monoisotopic (exact) mass is 294 g/mol. The molecule has 0 saturated carbocycles. The maximum atomic E-state index is 5.51. The Labute approximate surface area is 109 Å². The van der Waals surface area contributed by atoms with Crippen LogP contribution in [-0.2, 0) is 6.54 Å². The van der Waals surface area contributed by atoms with Crippen molar-refractivity contribution in [3.63, 3.8) is 0 Å². The standard InChI is InChI=1S/C13H15BrN2O/c1-8-6-11(4-5-12(8)14)15-7-13-16-9(2)10(3)17-13/h4-6,15H,7H2,1-3H3. The van der Waals surface area contributed by atoms with Crippen molar-refractivity contribution in [2.24, 2.45) is 0 Å². The number of hydrogen-bond acceptors (Lipinski definition) is 3. The molecule has 0 radical (unpaired) electrons. The highest BCUT2D eigenvalue weighted by Crippen LogP contribution is 2.20. The van der Waals surface area contributed by atoms with E-state index in [0.717, 1.165) is 27.5 Å². The number of halogens is 1. The molecule has 0 aliphatic rings. The summed E-state index contributed by atoms with van der Waals surface area (Å²) in [4.78, 5) is 4.33. The number of aryl methyl sites for hydroxylation is 3. The lowest BCUT2D eigenvalue weighted by Crippen LogP contribution is -1.99. The van der Waals surface area contributed by atoms with Crippen LogP contribution in [0.1, 0.15) is 22.9 Å². The van der Waals surface area contributed by atoms with E-state index in [1.807, 2.05) is 26.0 Å². The lowest BCUT2D eigenvalue weighted by molar-refractivity contribution is 0.478. The van der Waals surface area contributed by atoms with Crippen molar-refractivity contribution in [2.75, 3.05) is 5.32 Å². The first kappa shape index (κ1) is 12.2. The fourth-order valence-electron chi connectivity index (χ4n) is 1.55. The Morgan fingerprint density at radius 1 is 1.29 bits per heavy atom. The topological polar surface area (TPSA) is 38.1 Å². The molecule has 90 valence electrons. The summed E-state index contributed by atoms with van der Waals surface area (Å²) >= 11 is 3.48. The van der Waals surface area contributed by atoms with E-state index in [4.69, 9.17) is 4.42 Å². The molecule has 4 heteroatoms. The van der Waals surface area contributed by atoms with Crippen molar-refractivity contribution < 1.29 is 4.42 Å². The van der Waals surface area contributed by atoms with Gasteiger partial charge in [-0.15, -0.1) is 0 Å². The molecule has 1 aromatic carbocycles. The molecule has 0 aliphatic carbocycles. The predicted octanol–water partition coefficient (Wildman–Crippen LogP) is 3.97. The summed E-state index contributed by atoms with van der Waals surface area (Å²) in [6.45, 7) is 6.55. The minimum absolute atomic E-state index is 0.607. The van der Waals surface area contributed by atoms with Gasteiger partial charge in [0.2, 0.25) is 5.89 Å². The molecule has 1 N–H and O–H groups in total. The van der Waals surface area contributed by atoms with Crippen molar-refractivity contribution >= 4 is 21.6 Å². The summed E-state index contributed by atoms with van der Waals surface area (Å²) in [5.74, 6) is 1.61. The highest BCUT2D eigenvalue weighted by Gasteiger charge is 2.05. The maximum absolute atomic E-state index is 5.51. The number of nitrogens with zero attached hydrogens (tertiary/aromatic N) is 1. The second kappa shape index (κ2) is 4.92. The van der Waals surface area contributed by atoms with Crippen molar-refractivity contribution in [2.45, 2.75) is 27.3 Å². The van der Waals surface area contributed by atoms with Gasteiger partial charge in [0, 0.05) is 10.2 Å². The molecule has 17 heavy (non-hydrogen) atoms. The molecule has 2 aromatic rings. The molecule has 0 fully saturated rings. The van der Waals surface area contributed by atoms with Crippen LogP contribution in [0.5, 0.6) is 0 Å². The Balaban J connectivity index is 2.04. The summed E-state index contributed by atoms with van der Waals surface area (Å²) in [6.07, 6.45) is 0. The second-order valence-corrected chi connectivity index (χ2v) is 4.92. The van der Waals surface area contributed by atoms with Gasteiger partial charge in [0.15, 0.2) is 0 Å². The number of oxazole rings is 1. The molecular formula is C13H15BrN2O. The smallest absolute Gasteiger partial charge is 0.213 e. The molecule has 0 unspecified atom stereocenters. The first-order valence-electron chi connectivity index (χ1n) is 5.49.